The second-order valence-corrected chi connectivity index (χ2v) is 25.0. The molecule has 4 heterocycles. The largest absolute Gasteiger partial charge is 0.479 e. The number of Topliss-reactive ketones (excluding diaryl/α,β-unsaturated/α-hetero) is 2. The molecule has 7 amide bonds. The van der Waals surface area contributed by atoms with Gasteiger partial charge in [0.25, 0.3) is 11.8 Å². The topological polar surface area (TPSA) is 296 Å². The van der Waals surface area contributed by atoms with Gasteiger partial charge in [0, 0.05) is 13.1 Å². The fourth-order valence-corrected chi connectivity index (χ4v) is 16.0. The van der Waals surface area contributed by atoms with Crippen molar-refractivity contribution in [3.8, 4) is 0 Å². The highest BCUT2D eigenvalue weighted by atomic mass is 32.2. The van der Waals surface area contributed by atoms with E-state index >= 15 is 0 Å². The molecule has 404 valence electrons. The maximum Gasteiger partial charge on any atom is 0.330 e. The van der Waals surface area contributed by atoms with E-state index in [0.717, 1.165) is 48.9 Å². The third-order valence-electron chi connectivity index (χ3n) is 12.8. The number of ketones is 2. The Balaban J connectivity index is 0.000000274. The van der Waals surface area contributed by atoms with Gasteiger partial charge < -0.3 is 42.7 Å². The van der Waals surface area contributed by atoms with Crippen LogP contribution in [0, 0.1) is 0 Å². The zero-order valence-electron chi connectivity index (χ0n) is 42.2. The third kappa shape index (κ3) is 16.9. The van der Waals surface area contributed by atoms with Gasteiger partial charge in [0.05, 0.1) is 45.4 Å². The number of nitrogens with zero attached hydrogens (tertiary/aromatic N) is 2. The molecule has 6 rings (SSSR count). The van der Waals surface area contributed by atoms with Crippen molar-refractivity contribution in [2.45, 2.75) is 110 Å². The van der Waals surface area contributed by atoms with Crippen molar-refractivity contribution in [1.82, 2.24) is 41.7 Å². The Morgan fingerprint density at radius 2 is 0.959 bits per heavy atom. The van der Waals surface area contributed by atoms with Crippen molar-refractivity contribution in [3.63, 3.8) is 0 Å². The fourth-order valence-electron chi connectivity index (χ4n) is 9.03. The second kappa shape index (κ2) is 28.7. The first-order valence-electron chi connectivity index (χ1n) is 24.7. The summed E-state index contributed by atoms with van der Waals surface area (Å²) in [4.78, 5) is 129. The number of carbonyl (C=O) groups excluding carboxylic acids is 9. The third-order valence-corrected chi connectivity index (χ3v) is 19.5. The molecule has 2 unspecified atom stereocenters. The molecular weight excluding hydrogens is 1030 g/mol. The number of carboxylic acid groups (broad SMARTS) is 1. The maximum absolute atomic E-state index is 13.1. The van der Waals surface area contributed by atoms with E-state index in [0.29, 0.717) is 43.2 Å². The first-order chi connectivity index (χ1) is 35.3. The molecule has 4 saturated heterocycles. The van der Waals surface area contributed by atoms with Crippen LogP contribution in [0.15, 0.2) is 60.7 Å². The molecule has 2 spiro atoms. The first kappa shape index (κ1) is 59.7. The molecule has 2 aromatic carbocycles. The van der Waals surface area contributed by atoms with E-state index in [4.69, 9.17) is 5.73 Å². The van der Waals surface area contributed by atoms with E-state index in [2.05, 4.69) is 31.9 Å². The number of hydrogen-bond acceptors (Lipinski definition) is 16. The number of primary amides is 1. The van der Waals surface area contributed by atoms with Gasteiger partial charge >= 0.3 is 5.97 Å². The van der Waals surface area contributed by atoms with E-state index in [9.17, 15) is 53.1 Å². The molecule has 20 nitrogen and oxygen atoms in total. The van der Waals surface area contributed by atoms with Gasteiger partial charge in [-0.05, 0) is 86.8 Å². The van der Waals surface area contributed by atoms with Gasteiger partial charge in [-0.3, -0.25) is 53.0 Å². The maximum atomic E-state index is 13.1. The summed E-state index contributed by atoms with van der Waals surface area (Å²) in [6.07, 6.45) is 5.41. The second-order valence-electron chi connectivity index (χ2n) is 18.5. The highest BCUT2D eigenvalue weighted by Gasteiger charge is 2.49. The number of likely N-dealkylation sites (N-methyl/N-ethyl adjacent to an activating group) is 2. The van der Waals surface area contributed by atoms with Gasteiger partial charge in [-0.1, -0.05) is 87.4 Å². The summed E-state index contributed by atoms with van der Waals surface area (Å²) in [5.74, 6) is -3.33. The van der Waals surface area contributed by atoms with Crippen molar-refractivity contribution in [1.29, 1.82) is 0 Å². The van der Waals surface area contributed by atoms with Crippen LogP contribution in [-0.2, 0) is 47.9 Å². The molecule has 4 aliphatic heterocycles. The van der Waals surface area contributed by atoms with Crippen molar-refractivity contribution in [3.05, 3.63) is 71.8 Å². The lowest BCUT2D eigenvalue weighted by Gasteiger charge is -2.31. The monoisotopic (exact) mass is 1100 g/mol. The van der Waals surface area contributed by atoms with Crippen LogP contribution in [0.3, 0.4) is 0 Å². The molecule has 4 aliphatic rings. The smallest absolute Gasteiger partial charge is 0.330 e. The van der Waals surface area contributed by atoms with E-state index in [-0.39, 0.29) is 38.5 Å². The lowest BCUT2D eigenvalue weighted by Crippen LogP contribution is -2.52. The highest BCUT2D eigenvalue weighted by molar-refractivity contribution is 8.19. The molecule has 24 heteroatoms. The molecule has 4 fully saturated rings. The lowest BCUT2D eigenvalue weighted by atomic mass is 10.1. The zero-order chi connectivity index (χ0) is 54.0. The van der Waals surface area contributed by atoms with Crippen molar-refractivity contribution in [2.75, 3.05) is 63.3 Å². The van der Waals surface area contributed by atoms with Gasteiger partial charge in [-0.2, -0.15) is 0 Å². The van der Waals surface area contributed by atoms with Gasteiger partial charge in [-0.15, -0.1) is 47.0 Å². The number of carboxylic acids is 1. The van der Waals surface area contributed by atoms with E-state index in [1.54, 1.807) is 60.7 Å². The van der Waals surface area contributed by atoms with Crippen LogP contribution >= 0.6 is 47.0 Å². The van der Waals surface area contributed by atoms with Crippen LogP contribution in [0.5, 0.6) is 0 Å². The molecule has 74 heavy (non-hydrogen) atoms. The Labute approximate surface area is 448 Å². The molecule has 6 atom stereocenters. The van der Waals surface area contributed by atoms with Crippen LogP contribution in [0.1, 0.15) is 88.4 Å². The van der Waals surface area contributed by atoms with Crippen LogP contribution in [0.25, 0.3) is 0 Å². The number of nitrogens with two attached hydrogens (primary N) is 1. The summed E-state index contributed by atoms with van der Waals surface area (Å²) in [7, 11) is 3.81. The summed E-state index contributed by atoms with van der Waals surface area (Å²) in [6, 6.07) is 11.5. The summed E-state index contributed by atoms with van der Waals surface area (Å²) in [5.41, 5.74) is 6.28. The summed E-state index contributed by atoms with van der Waals surface area (Å²) >= 11 is 7.57. The molecule has 9 N–H and O–H groups in total. The Kier molecular flexibility index (Phi) is 23.1. The normalized spacial score (nSPS) is 20.5. The van der Waals surface area contributed by atoms with E-state index in [1.165, 1.54) is 0 Å². The molecule has 0 radical (unpaired) electrons. The summed E-state index contributed by atoms with van der Waals surface area (Å²) in [5, 5.41) is 24.3. The average molecular weight is 1100 g/mol. The molecule has 0 saturated carbocycles. The molecule has 2 aromatic rings. The average Bonchev–Trinajstić information content (AvgIpc) is 3.89. The Morgan fingerprint density at radius 1 is 0.595 bits per heavy atom. The lowest BCUT2D eigenvalue weighted by molar-refractivity contribution is -0.142. The van der Waals surface area contributed by atoms with E-state index in [1.807, 2.05) is 84.8 Å². The first-order valence-corrected chi connectivity index (χ1v) is 28.7. The minimum atomic E-state index is -1.29. The molecule has 0 bridgehead atoms. The van der Waals surface area contributed by atoms with Crippen molar-refractivity contribution in [2.24, 2.45) is 5.73 Å². The number of benzene rings is 2. The minimum absolute atomic E-state index is 0.00741. The SMILES string of the molecule is CCCC(NC(=O)[C@@H]1CC2(CN1C)SCCCS2)C(=O)C(=O)NCC(=O)N[C@H](C(=O)O)c1ccccc1.CCCC(NC(=O)[C@@H]1CC2(CN1C)SCCCS2)C(=O)C(=O)NCC(=O)N[C@H](C(N)=O)c1ccccc1. The van der Waals surface area contributed by atoms with Gasteiger partial charge in [0.1, 0.15) is 6.04 Å². The van der Waals surface area contributed by atoms with Crippen molar-refractivity contribution < 1.29 is 53.1 Å². The van der Waals surface area contributed by atoms with Crippen LogP contribution in [0.4, 0.5) is 0 Å². The van der Waals surface area contributed by atoms with Crippen LogP contribution < -0.4 is 37.6 Å². The predicted octanol–water partition coefficient (Wildman–Crippen LogP) is 1.74. The number of carbonyl (C=O) groups is 10. The Morgan fingerprint density at radius 3 is 1.31 bits per heavy atom. The van der Waals surface area contributed by atoms with Gasteiger partial charge in [0.2, 0.25) is 41.1 Å². The Hall–Kier alpha value is -5.14. The zero-order valence-corrected chi connectivity index (χ0v) is 45.5. The van der Waals surface area contributed by atoms with Crippen molar-refractivity contribution >= 4 is 106 Å². The standard InChI is InChI=1S/C25H35N5O5S2.C25H34N4O6S2/c1-3-8-17(28-23(34)18-13-25(15-30(18)2)36-11-7-12-37-25)21(32)24(35)27-14-19(31)29-20(22(26)33)16-9-5-4-6-10-16;1-3-8-17(27-22(32)18-13-25(15-29(18)2)36-11-7-12-37-25)21(31)23(33)26-14-19(30)28-20(24(34)35)16-9-5-4-6-10-16/h4-6,9-10,17-18,20H,3,7-8,11-15H2,1-2H3,(H2,26,33)(H,27,35)(H,28,34)(H,29,31);4-6,9-10,17-18,20H,3,7-8,11-15H2,1-2H3,(H,26,33)(H,27,32)(H,28,30)(H,34,35)/t2*17?,18-,20-/m00/s1. The summed E-state index contributed by atoms with van der Waals surface area (Å²) in [6.45, 7) is 4.18. The van der Waals surface area contributed by atoms with Crippen LogP contribution in [-0.4, -0.2) is 169 Å². The molecule has 0 aliphatic carbocycles. The fraction of sp³-hybridized carbons (Fsp3) is 0.560. The van der Waals surface area contributed by atoms with Crippen LogP contribution in [0.2, 0.25) is 0 Å². The van der Waals surface area contributed by atoms with E-state index < -0.39 is 84.3 Å². The number of aliphatic carboxylic acids is 1. The number of nitrogens with one attached hydrogen (secondary N) is 6. The Bertz CT molecular complexity index is 2160. The highest BCUT2D eigenvalue weighted by Crippen LogP contribution is 2.51. The number of rotatable bonds is 22. The number of amides is 7. The minimum Gasteiger partial charge on any atom is -0.479 e. The quantitative estimate of drug-likeness (QED) is 0.0779. The number of likely N-dealkylation sites (tertiary alicyclic amines) is 2. The molecule has 0 aromatic heterocycles. The molecular formula is C50H69N9O11S4. The summed E-state index contributed by atoms with van der Waals surface area (Å²) < 4.78 is -0.0237. The predicted molar refractivity (Wildman–Crippen MR) is 288 cm³/mol. The number of hydrogen-bond donors (Lipinski definition) is 8. The van der Waals surface area contributed by atoms with Gasteiger partial charge in [0.15, 0.2) is 6.04 Å². The van der Waals surface area contributed by atoms with Gasteiger partial charge in [-0.25, -0.2) is 4.79 Å². The number of thioether (sulfide) groups is 4.